The van der Waals surface area contributed by atoms with Crippen LogP contribution in [0.25, 0.3) is 0 Å². The molecule has 4 nitrogen and oxygen atoms in total. The number of nitriles is 1. The smallest absolute Gasteiger partial charge is 0.101 e. The van der Waals surface area contributed by atoms with Crippen molar-refractivity contribution in [3.8, 4) is 6.07 Å². The van der Waals surface area contributed by atoms with Crippen molar-refractivity contribution in [1.82, 2.24) is 9.55 Å². The number of aromatic nitrogens is 2. The molecule has 1 heterocycles. The molecule has 2 aromatic rings. The average molecular weight is 319 g/mol. The van der Waals surface area contributed by atoms with E-state index in [9.17, 15) is 0 Å². The normalized spacial score (nSPS) is 10.5. The second kappa shape index (κ2) is 5.89. The highest BCUT2D eigenvalue weighted by Crippen LogP contribution is 2.21. The van der Waals surface area contributed by atoms with Crippen LogP contribution >= 0.6 is 15.9 Å². The van der Waals surface area contributed by atoms with Gasteiger partial charge < -0.3 is 9.88 Å². The molecular formula is C14H15BrN4. The molecule has 0 radical (unpaired) electrons. The van der Waals surface area contributed by atoms with E-state index < -0.39 is 0 Å². The van der Waals surface area contributed by atoms with E-state index >= 15 is 0 Å². The van der Waals surface area contributed by atoms with Crippen molar-refractivity contribution in [2.45, 2.75) is 26.4 Å². The van der Waals surface area contributed by atoms with Gasteiger partial charge in [0.15, 0.2) is 0 Å². The van der Waals surface area contributed by atoms with E-state index in [4.69, 9.17) is 5.26 Å². The molecule has 0 aliphatic heterocycles. The molecule has 0 aliphatic rings. The predicted molar refractivity (Wildman–Crippen MR) is 78.8 cm³/mol. The molecule has 98 valence electrons. The Hall–Kier alpha value is -1.80. The third kappa shape index (κ3) is 3.15. The van der Waals surface area contributed by atoms with Crippen LogP contribution in [0, 0.1) is 11.3 Å². The standard InChI is InChI=1S/C14H15BrN4/c1-10(2)19-9-17-7-13(19)8-18-14-4-3-12(15)5-11(14)6-16/h3-5,7,9-10,18H,8H2,1-2H3. The summed E-state index contributed by atoms with van der Waals surface area (Å²) in [6.45, 7) is 4.88. The fourth-order valence-corrected chi connectivity index (χ4v) is 2.24. The van der Waals surface area contributed by atoms with E-state index in [1.54, 1.807) is 0 Å². The van der Waals surface area contributed by atoms with Crippen molar-refractivity contribution in [3.05, 3.63) is 46.5 Å². The second-order valence-electron chi connectivity index (χ2n) is 4.54. The first-order valence-electron chi connectivity index (χ1n) is 6.06. The Balaban J connectivity index is 2.15. The molecule has 0 atom stereocenters. The summed E-state index contributed by atoms with van der Waals surface area (Å²) in [5.74, 6) is 0. The summed E-state index contributed by atoms with van der Waals surface area (Å²) in [6.07, 6.45) is 3.67. The van der Waals surface area contributed by atoms with Gasteiger partial charge in [0, 0.05) is 16.7 Å². The highest BCUT2D eigenvalue weighted by atomic mass is 79.9. The molecule has 0 saturated carbocycles. The minimum Gasteiger partial charge on any atom is -0.378 e. The molecule has 2 rings (SSSR count). The van der Waals surface area contributed by atoms with Gasteiger partial charge in [0.1, 0.15) is 6.07 Å². The fourth-order valence-electron chi connectivity index (χ4n) is 1.88. The summed E-state index contributed by atoms with van der Waals surface area (Å²) in [4.78, 5) is 4.16. The molecule has 1 aromatic carbocycles. The SMILES string of the molecule is CC(C)n1cncc1CNc1ccc(Br)cc1C#N. The summed E-state index contributed by atoms with van der Waals surface area (Å²) < 4.78 is 3.01. The number of rotatable bonds is 4. The van der Waals surface area contributed by atoms with E-state index in [1.165, 1.54) is 0 Å². The molecule has 5 heteroatoms. The first-order valence-corrected chi connectivity index (χ1v) is 6.85. The Bertz CT molecular complexity index is 610. The van der Waals surface area contributed by atoms with Gasteiger partial charge in [0.25, 0.3) is 0 Å². The molecule has 0 bridgehead atoms. The Labute approximate surface area is 121 Å². The van der Waals surface area contributed by atoms with Crippen molar-refractivity contribution in [3.63, 3.8) is 0 Å². The van der Waals surface area contributed by atoms with E-state index in [-0.39, 0.29) is 0 Å². The fraction of sp³-hybridized carbons (Fsp3) is 0.286. The minimum absolute atomic E-state index is 0.375. The zero-order valence-corrected chi connectivity index (χ0v) is 12.5. The molecule has 19 heavy (non-hydrogen) atoms. The highest BCUT2D eigenvalue weighted by molar-refractivity contribution is 9.10. The summed E-state index contributed by atoms with van der Waals surface area (Å²) in [6, 6.07) is 8.19. The van der Waals surface area contributed by atoms with Crippen LogP contribution in [0.15, 0.2) is 35.2 Å². The monoisotopic (exact) mass is 318 g/mol. The lowest BCUT2D eigenvalue weighted by molar-refractivity contribution is 0.577. The summed E-state index contributed by atoms with van der Waals surface area (Å²) in [5, 5.41) is 12.4. The van der Waals surface area contributed by atoms with E-state index in [0.29, 0.717) is 18.2 Å². The number of halogens is 1. The number of anilines is 1. The number of nitrogens with zero attached hydrogens (tertiary/aromatic N) is 3. The lowest BCUT2D eigenvalue weighted by atomic mass is 10.2. The Morgan fingerprint density at radius 1 is 1.47 bits per heavy atom. The molecule has 0 unspecified atom stereocenters. The van der Waals surface area contributed by atoms with Crippen LogP contribution in [0.1, 0.15) is 31.1 Å². The summed E-state index contributed by atoms with van der Waals surface area (Å²) in [7, 11) is 0. The maximum absolute atomic E-state index is 9.11. The largest absolute Gasteiger partial charge is 0.378 e. The van der Waals surface area contributed by atoms with Gasteiger partial charge in [0.05, 0.1) is 29.8 Å². The van der Waals surface area contributed by atoms with Crippen molar-refractivity contribution >= 4 is 21.6 Å². The van der Waals surface area contributed by atoms with E-state index in [1.807, 2.05) is 30.7 Å². The Morgan fingerprint density at radius 2 is 2.26 bits per heavy atom. The highest BCUT2D eigenvalue weighted by Gasteiger charge is 2.07. The first-order chi connectivity index (χ1) is 9.11. The molecule has 1 aromatic heterocycles. The van der Waals surface area contributed by atoms with Crippen LogP contribution in [0.4, 0.5) is 5.69 Å². The minimum atomic E-state index is 0.375. The molecule has 1 N–H and O–H groups in total. The van der Waals surface area contributed by atoms with Crippen LogP contribution in [-0.2, 0) is 6.54 Å². The maximum atomic E-state index is 9.11. The number of nitrogens with one attached hydrogen (secondary N) is 1. The molecule has 0 aliphatic carbocycles. The van der Waals surface area contributed by atoms with Crippen LogP contribution in [0.5, 0.6) is 0 Å². The van der Waals surface area contributed by atoms with Crippen LogP contribution in [-0.4, -0.2) is 9.55 Å². The molecule has 0 amide bonds. The van der Waals surface area contributed by atoms with Gasteiger partial charge in [-0.25, -0.2) is 4.98 Å². The van der Waals surface area contributed by atoms with Gasteiger partial charge in [-0.15, -0.1) is 0 Å². The van der Waals surface area contributed by atoms with Crippen molar-refractivity contribution in [1.29, 1.82) is 5.26 Å². The Morgan fingerprint density at radius 3 is 2.95 bits per heavy atom. The van der Waals surface area contributed by atoms with Crippen LogP contribution < -0.4 is 5.32 Å². The summed E-state index contributed by atoms with van der Waals surface area (Å²) >= 11 is 3.36. The number of imidazole rings is 1. The number of hydrogen-bond donors (Lipinski definition) is 1. The second-order valence-corrected chi connectivity index (χ2v) is 5.46. The third-order valence-electron chi connectivity index (χ3n) is 2.86. The van der Waals surface area contributed by atoms with Crippen LogP contribution in [0.3, 0.4) is 0 Å². The molecule has 0 fully saturated rings. The topological polar surface area (TPSA) is 53.6 Å². The van der Waals surface area contributed by atoms with Gasteiger partial charge in [-0.05, 0) is 32.0 Å². The average Bonchev–Trinajstić information content (AvgIpc) is 2.85. The number of hydrogen-bond acceptors (Lipinski definition) is 3. The van der Waals surface area contributed by atoms with Crippen molar-refractivity contribution < 1.29 is 0 Å². The quantitative estimate of drug-likeness (QED) is 0.934. The van der Waals surface area contributed by atoms with Gasteiger partial charge in [-0.1, -0.05) is 15.9 Å². The van der Waals surface area contributed by atoms with Crippen LogP contribution in [0.2, 0.25) is 0 Å². The van der Waals surface area contributed by atoms with Crippen molar-refractivity contribution in [2.24, 2.45) is 0 Å². The van der Waals surface area contributed by atoms with Gasteiger partial charge >= 0.3 is 0 Å². The zero-order chi connectivity index (χ0) is 13.8. The molecule has 0 spiro atoms. The lowest BCUT2D eigenvalue weighted by Crippen LogP contribution is -2.09. The molecular weight excluding hydrogens is 304 g/mol. The first kappa shape index (κ1) is 13.6. The summed E-state index contributed by atoms with van der Waals surface area (Å²) in [5.41, 5.74) is 2.56. The van der Waals surface area contributed by atoms with E-state index in [2.05, 4.69) is 50.7 Å². The van der Waals surface area contributed by atoms with Gasteiger partial charge in [-0.3, -0.25) is 0 Å². The van der Waals surface area contributed by atoms with E-state index in [0.717, 1.165) is 15.9 Å². The lowest BCUT2D eigenvalue weighted by Gasteiger charge is -2.13. The third-order valence-corrected chi connectivity index (χ3v) is 3.36. The van der Waals surface area contributed by atoms with Crippen molar-refractivity contribution in [2.75, 3.05) is 5.32 Å². The number of benzene rings is 1. The van der Waals surface area contributed by atoms with Gasteiger partial charge in [0.2, 0.25) is 0 Å². The zero-order valence-electron chi connectivity index (χ0n) is 10.9. The predicted octanol–water partition coefficient (Wildman–Crippen LogP) is 3.71. The maximum Gasteiger partial charge on any atom is 0.101 e. The Kier molecular flexibility index (Phi) is 4.23. The molecule has 0 saturated heterocycles. The van der Waals surface area contributed by atoms with Gasteiger partial charge in [-0.2, -0.15) is 5.26 Å².